The van der Waals surface area contributed by atoms with Crippen LogP contribution in [0.3, 0.4) is 0 Å². The fourth-order valence-corrected chi connectivity index (χ4v) is 2.70. The number of amides is 1. The average Bonchev–Trinajstić information content (AvgIpc) is 2.57. The Bertz CT molecular complexity index is 487. The lowest BCUT2D eigenvalue weighted by molar-refractivity contribution is -0.896. The second-order valence-corrected chi connectivity index (χ2v) is 5.76. The van der Waals surface area contributed by atoms with Crippen LogP contribution in [0.5, 0.6) is 11.5 Å². The lowest BCUT2D eigenvalue weighted by Gasteiger charge is -2.18. The second-order valence-electron chi connectivity index (χ2n) is 5.76. The molecule has 0 aliphatic rings. The van der Waals surface area contributed by atoms with Crippen LogP contribution < -0.4 is 19.7 Å². The third-order valence-corrected chi connectivity index (χ3v) is 4.19. The van der Waals surface area contributed by atoms with Crippen LogP contribution in [0, 0.1) is 0 Å². The minimum Gasteiger partial charge on any atom is -0.493 e. The third kappa shape index (κ3) is 5.75. The van der Waals surface area contributed by atoms with Crippen LogP contribution in [-0.2, 0) is 0 Å². The molecule has 130 valence electrons. The van der Waals surface area contributed by atoms with Gasteiger partial charge in [-0.05, 0) is 45.7 Å². The Labute approximate surface area is 140 Å². The van der Waals surface area contributed by atoms with Crippen molar-refractivity contribution in [1.29, 1.82) is 0 Å². The zero-order chi connectivity index (χ0) is 17.2. The molecule has 1 atom stereocenters. The summed E-state index contributed by atoms with van der Waals surface area (Å²) in [7, 11) is 3.11. The van der Waals surface area contributed by atoms with Crippen molar-refractivity contribution in [2.24, 2.45) is 0 Å². The molecule has 0 saturated heterocycles. The highest BCUT2D eigenvalue weighted by molar-refractivity contribution is 5.97. The Morgan fingerprint density at radius 1 is 1.22 bits per heavy atom. The van der Waals surface area contributed by atoms with E-state index < -0.39 is 0 Å². The van der Waals surface area contributed by atoms with Gasteiger partial charge in [0.25, 0.3) is 5.91 Å². The number of methoxy groups -OCH3 is 2. The molecular weight excluding hydrogens is 292 g/mol. The molecule has 23 heavy (non-hydrogen) atoms. The lowest BCUT2D eigenvalue weighted by atomic mass is 10.1. The van der Waals surface area contributed by atoms with Crippen molar-refractivity contribution in [2.45, 2.75) is 39.7 Å². The summed E-state index contributed by atoms with van der Waals surface area (Å²) in [5.74, 6) is 0.925. The van der Waals surface area contributed by atoms with E-state index >= 15 is 0 Å². The topological polar surface area (TPSA) is 52.0 Å². The SMILES string of the molecule is CC[NH+](CC)CCC[C@@H](C)NC(=O)c1cccc(OC)c1OC. The Kier molecular flexibility index (Phi) is 8.48. The van der Waals surface area contributed by atoms with Gasteiger partial charge < -0.3 is 19.7 Å². The number of nitrogens with one attached hydrogen (secondary N) is 2. The molecule has 1 aromatic carbocycles. The zero-order valence-corrected chi connectivity index (χ0v) is 15.1. The van der Waals surface area contributed by atoms with E-state index in [9.17, 15) is 4.79 Å². The summed E-state index contributed by atoms with van der Waals surface area (Å²) in [6.45, 7) is 9.91. The molecule has 0 spiro atoms. The standard InChI is InChI=1S/C18H30N2O3/c1-6-20(7-2)13-9-10-14(3)19-18(21)15-11-8-12-16(22-4)17(15)23-5/h8,11-12,14H,6-7,9-10,13H2,1-5H3,(H,19,21)/p+1/t14-/m1/s1. The molecule has 1 aromatic rings. The number of carbonyl (C=O) groups excluding carboxylic acids is 1. The molecule has 0 radical (unpaired) electrons. The van der Waals surface area contributed by atoms with Crippen LogP contribution >= 0.6 is 0 Å². The maximum absolute atomic E-state index is 12.5. The van der Waals surface area contributed by atoms with Gasteiger partial charge in [0, 0.05) is 6.04 Å². The zero-order valence-electron chi connectivity index (χ0n) is 15.1. The smallest absolute Gasteiger partial charge is 0.255 e. The van der Waals surface area contributed by atoms with Crippen molar-refractivity contribution < 1.29 is 19.2 Å². The normalized spacial score (nSPS) is 12.1. The maximum Gasteiger partial charge on any atom is 0.255 e. The Balaban J connectivity index is 2.59. The highest BCUT2D eigenvalue weighted by Crippen LogP contribution is 2.30. The van der Waals surface area contributed by atoms with Gasteiger partial charge >= 0.3 is 0 Å². The molecule has 5 nitrogen and oxygen atoms in total. The molecule has 0 aliphatic carbocycles. The predicted molar refractivity (Wildman–Crippen MR) is 92.6 cm³/mol. The quantitative estimate of drug-likeness (QED) is 0.686. The largest absolute Gasteiger partial charge is 0.493 e. The Morgan fingerprint density at radius 2 is 1.91 bits per heavy atom. The monoisotopic (exact) mass is 323 g/mol. The molecule has 0 fully saturated rings. The number of hydrogen-bond acceptors (Lipinski definition) is 3. The van der Waals surface area contributed by atoms with Crippen molar-refractivity contribution in [3.63, 3.8) is 0 Å². The summed E-state index contributed by atoms with van der Waals surface area (Å²) >= 11 is 0. The van der Waals surface area contributed by atoms with Crippen molar-refractivity contribution >= 4 is 5.91 Å². The fourth-order valence-electron chi connectivity index (χ4n) is 2.70. The molecule has 5 heteroatoms. The summed E-state index contributed by atoms with van der Waals surface area (Å²) < 4.78 is 10.6. The minimum absolute atomic E-state index is 0.122. The highest BCUT2D eigenvalue weighted by atomic mass is 16.5. The molecule has 0 aromatic heterocycles. The predicted octanol–water partition coefficient (Wildman–Crippen LogP) is 1.53. The van der Waals surface area contributed by atoms with Gasteiger partial charge in [-0.3, -0.25) is 4.79 Å². The molecule has 1 amide bonds. The van der Waals surface area contributed by atoms with E-state index in [4.69, 9.17) is 9.47 Å². The summed E-state index contributed by atoms with van der Waals surface area (Å²) in [6, 6.07) is 5.47. The molecule has 0 heterocycles. The van der Waals surface area contributed by atoms with Gasteiger partial charge in [0.1, 0.15) is 0 Å². The van der Waals surface area contributed by atoms with E-state index in [1.165, 1.54) is 0 Å². The van der Waals surface area contributed by atoms with E-state index in [2.05, 4.69) is 19.2 Å². The van der Waals surface area contributed by atoms with Crippen LogP contribution in [0.1, 0.15) is 44.0 Å². The molecule has 0 bridgehead atoms. The highest BCUT2D eigenvalue weighted by Gasteiger charge is 2.18. The van der Waals surface area contributed by atoms with Crippen LogP contribution in [0.2, 0.25) is 0 Å². The van der Waals surface area contributed by atoms with Crippen LogP contribution in [0.4, 0.5) is 0 Å². The fraction of sp³-hybridized carbons (Fsp3) is 0.611. The minimum atomic E-state index is -0.122. The summed E-state index contributed by atoms with van der Waals surface area (Å²) in [5, 5.41) is 3.05. The van der Waals surface area contributed by atoms with Gasteiger partial charge in [0.15, 0.2) is 11.5 Å². The molecule has 2 N–H and O–H groups in total. The van der Waals surface area contributed by atoms with Crippen LogP contribution in [0.25, 0.3) is 0 Å². The summed E-state index contributed by atoms with van der Waals surface area (Å²) in [6.07, 6.45) is 2.08. The van der Waals surface area contributed by atoms with Gasteiger partial charge in [-0.15, -0.1) is 0 Å². The summed E-state index contributed by atoms with van der Waals surface area (Å²) in [4.78, 5) is 14.1. The van der Waals surface area contributed by atoms with Gasteiger partial charge in [-0.2, -0.15) is 0 Å². The molecule has 0 saturated carbocycles. The van der Waals surface area contributed by atoms with Gasteiger partial charge in [0.2, 0.25) is 0 Å². The van der Waals surface area contributed by atoms with Gasteiger partial charge in [0.05, 0.1) is 39.4 Å². The van der Waals surface area contributed by atoms with E-state index in [1.807, 2.05) is 6.92 Å². The van der Waals surface area contributed by atoms with E-state index in [-0.39, 0.29) is 11.9 Å². The summed E-state index contributed by atoms with van der Waals surface area (Å²) in [5.41, 5.74) is 0.507. The van der Waals surface area contributed by atoms with Crippen molar-refractivity contribution in [1.82, 2.24) is 5.32 Å². The first-order chi connectivity index (χ1) is 11.1. The molecule has 0 aliphatic heterocycles. The molecule has 1 rings (SSSR count). The first kappa shape index (κ1) is 19.3. The van der Waals surface area contributed by atoms with Crippen LogP contribution in [0.15, 0.2) is 18.2 Å². The number of carbonyl (C=O) groups is 1. The average molecular weight is 323 g/mol. The van der Waals surface area contributed by atoms with Crippen molar-refractivity contribution in [3.8, 4) is 11.5 Å². The van der Waals surface area contributed by atoms with E-state index in [0.29, 0.717) is 17.1 Å². The van der Waals surface area contributed by atoms with E-state index in [1.54, 1.807) is 37.3 Å². The lowest BCUT2D eigenvalue weighted by Crippen LogP contribution is -3.11. The van der Waals surface area contributed by atoms with E-state index in [0.717, 1.165) is 32.5 Å². The van der Waals surface area contributed by atoms with Crippen LogP contribution in [-0.4, -0.2) is 45.8 Å². The number of ether oxygens (including phenoxy) is 2. The van der Waals surface area contributed by atoms with Gasteiger partial charge in [-0.1, -0.05) is 6.07 Å². The maximum atomic E-state index is 12.5. The van der Waals surface area contributed by atoms with Crippen molar-refractivity contribution in [2.75, 3.05) is 33.9 Å². The molecule has 0 unspecified atom stereocenters. The third-order valence-electron chi connectivity index (χ3n) is 4.19. The number of quaternary nitrogens is 1. The van der Waals surface area contributed by atoms with Crippen molar-refractivity contribution in [3.05, 3.63) is 23.8 Å². The first-order valence-corrected chi connectivity index (χ1v) is 8.42. The number of rotatable bonds is 10. The first-order valence-electron chi connectivity index (χ1n) is 8.42. The number of benzene rings is 1. The van der Waals surface area contributed by atoms with Gasteiger partial charge in [-0.25, -0.2) is 0 Å². The number of hydrogen-bond donors (Lipinski definition) is 2. The second kappa shape index (κ2) is 10.1. The molecular formula is C18H31N2O3+. The number of para-hydroxylation sites is 1. The Morgan fingerprint density at radius 3 is 2.48 bits per heavy atom. The Hall–Kier alpha value is -1.75.